The lowest BCUT2D eigenvalue weighted by atomic mass is 10.0. The zero-order chi connectivity index (χ0) is 13.5. The van der Waals surface area contributed by atoms with E-state index in [1.165, 1.54) is 25.9 Å². The van der Waals surface area contributed by atoms with Crippen LogP contribution in [0.15, 0.2) is 24.3 Å². The summed E-state index contributed by atoms with van der Waals surface area (Å²) in [6.07, 6.45) is 3.13. The Morgan fingerprint density at radius 1 is 1.37 bits per heavy atom. The molecule has 1 fully saturated rings. The minimum absolute atomic E-state index is 0.464. The molecule has 2 rings (SSSR count). The summed E-state index contributed by atoms with van der Waals surface area (Å²) in [5, 5.41) is 8.61. The molecule has 1 aliphatic rings. The highest BCUT2D eigenvalue weighted by Gasteiger charge is 2.15. The number of hydrogen-bond acceptors (Lipinski definition) is 3. The third-order valence-electron chi connectivity index (χ3n) is 3.62. The van der Waals surface area contributed by atoms with Crippen LogP contribution in [0.3, 0.4) is 0 Å². The maximum absolute atomic E-state index is 8.61. The Bertz CT molecular complexity index is 421. The predicted molar refractivity (Wildman–Crippen MR) is 76.1 cm³/mol. The molecule has 1 saturated heterocycles. The first-order valence-electron chi connectivity index (χ1n) is 7.09. The van der Waals surface area contributed by atoms with Crippen LogP contribution in [-0.2, 0) is 6.42 Å². The van der Waals surface area contributed by atoms with Crippen molar-refractivity contribution in [3.8, 4) is 11.8 Å². The molecule has 3 nitrogen and oxygen atoms in total. The SMILES string of the molecule is CC1CCCN(CCOc2ccc(CC#N)cc2)C1. The van der Waals surface area contributed by atoms with Gasteiger partial charge in [-0.2, -0.15) is 5.26 Å². The minimum Gasteiger partial charge on any atom is -0.492 e. The second-order valence-corrected chi connectivity index (χ2v) is 5.38. The van der Waals surface area contributed by atoms with Crippen molar-refractivity contribution >= 4 is 0 Å². The second-order valence-electron chi connectivity index (χ2n) is 5.38. The molecule has 0 amide bonds. The van der Waals surface area contributed by atoms with Gasteiger partial charge >= 0.3 is 0 Å². The molecule has 1 unspecified atom stereocenters. The number of rotatable bonds is 5. The van der Waals surface area contributed by atoms with Crippen LogP contribution in [0.4, 0.5) is 0 Å². The highest BCUT2D eigenvalue weighted by Crippen LogP contribution is 2.16. The minimum atomic E-state index is 0.464. The molecule has 0 bridgehead atoms. The van der Waals surface area contributed by atoms with Crippen molar-refractivity contribution in [3.63, 3.8) is 0 Å². The summed E-state index contributed by atoms with van der Waals surface area (Å²) < 4.78 is 5.75. The molecule has 0 spiro atoms. The predicted octanol–water partition coefficient (Wildman–Crippen LogP) is 2.86. The molecular weight excluding hydrogens is 236 g/mol. The molecule has 3 heteroatoms. The van der Waals surface area contributed by atoms with Gasteiger partial charge in [-0.05, 0) is 43.0 Å². The summed E-state index contributed by atoms with van der Waals surface area (Å²) in [7, 11) is 0. The van der Waals surface area contributed by atoms with Gasteiger partial charge < -0.3 is 4.74 Å². The lowest BCUT2D eigenvalue weighted by molar-refractivity contribution is 0.153. The number of nitriles is 1. The smallest absolute Gasteiger partial charge is 0.119 e. The van der Waals surface area contributed by atoms with Crippen molar-refractivity contribution in [2.24, 2.45) is 5.92 Å². The van der Waals surface area contributed by atoms with Crippen LogP contribution < -0.4 is 4.74 Å². The zero-order valence-electron chi connectivity index (χ0n) is 11.6. The van der Waals surface area contributed by atoms with Gasteiger partial charge in [-0.25, -0.2) is 0 Å². The molecule has 1 heterocycles. The molecular formula is C16H22N2O. The number of piperidine rings is 1. The first-order valence-corrected chi connectivity index (χ1v) is 7.09. The lowest BCUT2D eigenvalue weighted by Crippen LogP contribution is -2.37. The van der Waals surface area contributed by atoms with E-state index in [1.54, 1.807) is 0 Å². The van der Waals surface area contributed by atoms with Gasteiger partial charge in [0.15, 0.2) is 0 Å². The molecule has 1 atom stereocenters. The Morgan fingerprint density at radius 2 is 2.16 bits per heavy atom. The molecule has 1 aromatic carbocycles. The van der Waals surface area contributed by atoms with Crippen LogP contribution in [-0.4, -0.2) is 31.1 Å². The van der Waals surface area contributed by atoms with E-state index in [0.29, 0.717) is 6.42 Å². The molecule has 0 saturated carbocycles. The van der Waals surface area contributed by atoms with E-state index in [9.17, 15) is 0 Å². The number of hydrogen-bond donors (Lipinski definition) is 0. The average Bonchev–Trinajstić information content (AvgIpc) is 2.41. The number of benzene rings is 1. The van der Waals surface area contributed by atoms with Crippen molar-refractivity contribution in [2.75, 3.05) is 26.2 Å². The zero-order valence-corrected chi connectivity index (χ0v) is 11.6. The number of nitrogens with zero attached hydrogens (tertiary/aromatic N) is 2. The molecule has 0 radical (unpaired) electrons. The van der Waals surface area contributed by atoms with Gasteiger partial charge in [0.05, 0.1) is 12.5 Å². The van der Waals surface area contributed by atoms with Crippen molar-refractivity contribution < 1.29 is 4.74 Å². The molecule has 0 aromatic heterocycles. The second kappa shape index (κ2) is 7.16. The quantitative estimate of drug-likeness (QED) is 0.815. The summed E-state index contributed by atoms with van der Waals surface area (Å²) in [5.74, 6) is 1.71. The van der Waals surface area contributed by atoms with Gasteiger partial charge in [-0.3, -0.25) is 4.90 Å². The monoisotopic (exact) mass is 258 g/mol. The van der Waals surface area contributed by atoms with E-state index in [0.717, 1.165) is 30.4 Å². The fourth-order valence-electron chi connectivity index (χ4n) is 2.58. The summed E-state index contributed by atoms with van der Waals surface area (Å²) >= 11 is 0. The van der Waals surface area contributed by atoms with Crippen molar-refractivity contribution in [1.82, 2.24) is 4.90 Å². The van der Waals surface area contributed by atoms with Gasteiger partial charge in [0, 0.05) is 13.1 Å². The highest BCUT2D eigenvalue weighted by molar-refractivity contribution is 5.28. The molecule has 0 N–H and O–H groups in total. The average molecular weight is 258 g/mol. The van der Waals surface area contributed by atoms with Gasteiger partial charge in [0.2, 0.25) is 0 Å². The van der Waals surface area contributed by atoms with Crippen LogP contribution >= 0.6 is 0 Å². The first kappa shape index (κ1) is 13.9. The highest BCUT2D eigenvalue weighted by atomic mass is 16.5. The van der Waals surface area contributed by atoms with E-state index >= 15 is 0 Å². The van der Waals surface area contributed by atoms with Crippen LogP contribution in [0.2, 0.25) is 0 Å². The Labute approximate surface area is 115 Å². The first-order chi connectivity index (χ1) is 9.28. The van der Waals surface area contributed by atoms with Gasteiger partial charge in [0.25, 0.3) is 0 Å². The third-order valence-corrected chi connectivity index (χ3v) is 3.62. The molecule has 19 heavy (non-hydrogen) atoms. The summed E-state index contributed by atoms with van der Waals surface area (Å²) in [5.41, 5.74) is 1.04. The largest absolute Gasteiger partial charge is 0.492 e. The number of likely N-dealkylation sites (tertiary alicyclic amines) is 1. The molecule has 0 aliphatic carbocycles. The van der Waals surface area contributed by atoms with Crippen molar-refractivity contribution in [3.05, 3.63) is 29.8 Å². The maximum Gasteiger partial charge on any atom is 0.119 e. The lowest BCUT2D eigenvalue weighted by Gasteiger charge is -2.30. The number of ether oxygens (including phenoxy) is 1. The Balaban J connectivity index is 1.71. The topological polar surface area (TPSA) is 36.3 Å². The summed E-state index contributed by atoms with van der Waals surface area (Å²) in [6.45, 7) is 6.47. The van der Waals surface area contributed by atoms with Crippen LogP contribution in [0.1, 0.15) is 25.3 Å². The van der Waals surface area contributed by atoms with Gasteiger partial charge in [-0.15, -0.1) is 0 Å². The molecule has 1 aliphatic heterocycles. The van der Waals surface area contributed by atoms with Crippen molar-refractivity contribution in [1.29, 1.82) is 5.26 Å². The third kappa shape index (κ3) is 4.57. The normalized spacial score (nSPS) is 19.9. The van der Waals surface area contributed by atoms with E-state index in [4.69, 9.17) is 10.00 Å². The van der Waals surface area contributed by atoms with E-state index in [1.807, 2.05) is 24.3 Å². The summed E-state index contributed by atoms with van der Waals surface area (Å²) in [6, 6.07) is 9.97. The summed E-state index contributed by atoms with van der Waals surface area (Å²) in [4.78, 5) is 2.48. The Hall–Kier alpha value is -1.53. The van der Waals surface area contributed by atoms with Crippen LogP contribution in [0.5, 0.6) is 5.75 Å². The Kier molecular flexibility index (Phi) is 5.23. The fourth-order valence-corrected chi connectivity index (χ4v) is 2.58. The van der Waals surface area contributed by atoms with E-state index in [2.05, 4.69) is 17.9 Å². The van der Waals surface area contributed by atoms with Gasteiger partial charge in [-0.1, -0.05) is 19.1 Å². The van der Waals surface area contributed by atoms with E-state index < -0.39 is 0 Å². The molecule has 102 valence electrons. The Morgan fingerprint density at radius 3 is 2.84 bits per heavy atom. The maximum atomic E-state index is 8.61. The van der Waals surface area contributed by atoms with Crippen LogP contribution in [0, 0.1) is 17.2 Å². The fraction of sp³-hybridized carbons (Fsp3) is 0.562. The standard InChI is InChI=1S/C16H22N2O/c1-14-3-2-10-18(13-14)11-12-19-16-6-4-15(5-7-16)8-9-17/h4-7,14H,2-3,8,10-13H2,1H3. The van der Waals surface area contributed by atoms with E-state index in [-0.39, 0.29) is 0 Å². The van der Waals surface area contributed by atoms with Crippen LogP contribution in [0.25, 0.3) is 0 Å². The van der Waals surface area contributed by atoms with Gasteiger partial charge in [0.1, 0.15) is 12.4 Å². The molecule has 1 aromatic rings. The van der Waals surface area contributed by atoms with Crippen molar-refractivity contribution in [2.45, 2.75) is 26.2 Å².